The van der Waals surface area contributed by atoms with Crippen LogP contribution in [0.1, 0.15) is 19.4 Å². The molecule has 0 saturated carbocycles. The number of amides is 1. The number of benzene rings is 2. The van der Waals surface area contributed by atoms with E-state index in [4.69, 9.17) is 23.7 Å². The van der Waals surface area contributed by atoms with Crippen LogP contribution in [0.3, 0.4) is 0 Å². The van der Waals surface area contributed by atoms with E-state index in [2.05, 4.69) is 10.2 Å². The summed E-state index contributed by atoms with van der Waals surface area (Å²) in [5, 5.41) is 2.92. The van der Waals surface area contributed by atoms with Crippen LogP contribution in [-0.2, 0) is 9.53 Å². The fraction of sp³-hybridized carbons (Fsp3) is 0.400. The first-order chi connectivity index (χ1) is 16.1. The molecule has 1 aliphatic rings. The molecule has 178 valence electrons. The molecular formula is C25H32N2O6. The van der Waals surface area contributed by atoms with E-state index in [1.165, 1.54) is 6.08 Å². The molecule has 1 saturated heterocycles. The van der Waals surface area contributed by atoms with Crippen molar-refractivity contribution in [2.75, 3.05) is 64.0 Å². The van der Waals surface area contributed by atoms with Crippen molar-refractivity contribution >= 4 is 23.4 Å². The van der Waals surface area contributed by atoms with Crippen molar-refractivity contribution in [3.8, 4) is 23.0 Å². The third-order valence-corrected chi connectivity index (χ3v) is 5.11. The van der Waals surface area contributed by atoms with Gasteiger partial charge in [-0.2, -0.15) is 0 Å². The highest BCUT2D eigenvalue weighted by Crippen LogP contribution is 2.39. The largest absolute Gasteiger partial charge is 0.493 e. The molecule has 0 radical (unpaired) electrons. The summed E-state index contributed by atoms with van der Waals surface area (Å²) in [6.07, 6.45) is 3.18. The lowest BCUT2D eigenvalue weighted by molar-refractivity contribution is -0.111. The summed E-state index contributed by atoms with van der Waals surface area (Å²) in [5.74, 6) is 2.23. The minimum atomic E-state index is -0.285. The molecular weight excluding hydrogens is 424 g/mol. The Labute approximate surface area is 195 Å². The highest BCUT2D eigenvalue weighted by atomic mass is 16.5. The summed E-state index contributed by atoms with van der Waals surface area (Å²) in [4.78, 5) is 14.9. The van der Waals surface area contributed by atoms with Gasteiger partial charge in [0.15, 0.2) is 11.5 Å². The quantitative estimate of drug-likeness (QED) is 0.542. The van der Waals surface area contributed by atoms with Gasteiger partial charge >= 0.3 is 0 Å². The van der Waals surface area contributed by atoms with E-state index in [1.807, 2.05) is 32.0 Å². The third-order valence-electron chi connectivity index (χ3n) is 5.11. The van der Waals surface area contributed by atoms with Gasteiger partial charge in [0.2, 0.25) is 5.91 Å². The zero-order valence-electron chi connectivity index (χ0n) is 19.7. The SMILES string of the molecule is CCOc1cc(N2CCOCC2)c(OCC)cc1NC(=O)C=Cc1ccc(OC)c(OC)c1. The average molecular weight is 457 g/mol. The first-order valence-corrected chi connectivity index (χ1v) is 11.1. The maximum Gasteiger partial charge on any atom is 0.248 e. The van der Waals surface area contributed by atoms with Crippen molar-refractivity contribution in [2.45, 2.75) is 13.8 Å². The number of ether oxygens (including phenoxy) is 5. The summed E-state index contributed by atoms with van der Waals surface area (Å²) in [6, 6.07) is 9.19. The van der Waals surface area contributed by atoms with E-state index in [0.717, 1.165) is 24.3 Å². The van der Waals surface area contributed by atoms with Crippen LogP contribution in [0.4, 0.5) is 11.4 Å². The number of nitrogens with zero attached hydrogens (tertiary/aromatic N) is 1. The molecule has 0 aromatic heterocycles. The molecule has 0 bridgehead atoms. The van der Waals surface area contributed by atoms with Gasteiger partial charge in [-0.25, -0.2) is 0 Å². The van der Waals surface area contributed by atoms with E-state index in [9.17, 15) is 4.79 Å². The molecule has 2 aromatic carbocycles. The van der Waals surface area contributed by atoms with Crippen molar-refractivity contribution < 1.29 is 28.5 Å². The monoisotopic (exact) mass is 456 g/mol. The summed E-state index contributed by atoms with van der Waals surface area (Å²) in [7, 11) is 3.15. The van der Waals surface area contributed by atoms with Crippen LogP contribution in [0.5, 0.6) is 23.0 Å². The van der Waals surface area contributed by atoms with Gasteiger partial charge in [-0.05, 0) is 37.6 Å². The Bertz CT molecular complexity index is 970. The predicted molar refractivity (Wildman–Crippen MR) is 129 cm³/mol. The summed E-state index contributed by atoms with van der Waals surface area (Å²) < 4.78 is 27.8. The second-order valence-corrected chi connectivity index (χ2v) is 7.22. The van der Waals surface area contributed by atoms with Crippen LogP contribution >= 0.6 is 0 Å². The maximum absolute atomic E-state index is 12.7. The van der Waals surface area contributed by atoms with E-state index in [-0.39, 0.29) is 5.91 Å². The summed E-state index contributed by atoms with van der Waals surface area (Å²) >= 11 is 0. The van der Waals surface area contributed by atoms with Crippen molar-refractivity contribution in [2.24, 2.45) is 0 Å². The normalized spacial score (nSPS) is 13.6. The van der Waals surface area contributed by atoms with Crippen LogP contribution < -0.4 is 29.2 Å². The number of rotatable bonds is 10. The second kappa shape index (κ2) is 12.0. The number of hydrogen-bond donors (Lipinski definition) is 1. The molecule has 1 aliphatic heterocycles. The van der Waals surface area contributed by atoms with Gasteiger partial charge < -0.3 is 33.9 Å². The van der Waals surface area contributed by atoms with Crippen molar-refractivity contribution in [1.29, 1.82) is 0 Å². The molecule has 2 aromatic rings. The predicted octanol–water partition coefficient (Wildman–Crippen LogP) is 3.99. The Morgan fingerprint density at radius 3 is 2.33 bits per heavy atom. The van der Waals surface area contributed by atoms with E-state index >= 15 is 0 Å². The van der Waals surface area contributed by atoms with Crippen LogP contribution in [0.25, 0.3) is 6.08 Å². The zero-order valence-corrected chi connectivity index (χ0v) is 19.7. The third kappa shape index (κ3) is 6.32. The minimum absolute atomic E-state index is 0.285. The Balaban J connectivity index is 1.82. The lowest BCUT2D eigenvalue weighted by Gasteiger charge is -2.31. The van der Waals surface area contributed by atoms with Gasteiger partial charge in [0, 0.05) is 31.3 Å². The fourth-order valence-electron chi connectivity index (χ4n) is 3.55. The van der Waals surface area contributed by atoms with Gasteiger partial charge in [0.1, 0.15) is 11.5 Å². The standard InChI is InChI=1S/C25H32N2O6/c1-5-32-22-17-20(27-11-13-31-14-12-27)23(33-6-2)16-19(22)26-25(28)10-8-18-7-9-21(29-3)24(15-18)30-4/h7-10,15-17H,5-6,11-14H2,1-4H3,(H,26,28). The zero-order chi connectivity index (χ0) is 23.6. The van der Waals surface area contributed by atoms with Gasteiger partial charge in [-0.1, -0.05) is 6.07 Å². The molecule has 8 nitrogen and oxygen atoms in total. The van der Waals surface area contributed by atoms with E-state index < -0.39 is 0 Å². The Morgan fingerprint density at radius 2 is 1.67 bits per heavy atom. The molecule has 0 spiro atoms. The van der Waals surface area contributed by atoms with E-state index in [0.29, 0.717) is 55.1 Å². The fourth-order valence-corrected chi connectivity index (χ4v) is 3.55. The lowest BCUT2D eigenvalue weighted by Crippen LogP contribution is -2.36. The number of nitrogens with one attached hydrogen (secondary N) is 1. The van der Waals surface area contributed by atoms with Crippen LogP contribution in [0.2, 0.25) is 0 Å². The molecule has 1 N–H and O–H groups in total. The smallest absolute Gasteiger partial charge is 0.248 e. The first kappa shape index (κ1) is 24.3. The molecule has 33 heavy (non-hydrogen) atoms. The molecule has 3 rings (SSSR count). The maximum atomic E-state index is 12.7. The lowest BCUT2D eigenvalue weighted by atomic mass is 10.1. The van der Waals surface area contributed by atoms with Crippen molar-refractivity contribution in [3.05, 3.63) is 42.0 Å². The molecule has 8 heteroatoms. The first-order valence-electron chi connectivity index (χ1n) is 11.1. The summed E-state index contributed by atoms with van der Waals surface area (Å²) in [5.41, 5.74) is 2.30. The van der Waals surface area contributed by atoms with E-state index in [1.54, 1.807) is 32.4 Å². The van der Waals surface area contributed by atoms with Crippen LogP contribution in [-0.4, -0.2) is 59.6 Å². The minimum Gasteiger partial charge on any atom is -0.493 e. The number of carbonyl (C=O) groups is 1. The van der Waals surface area contributed by atoms with Gasteiger partial charge in [-0.3, -0.25) is 4.79 Å². The topological polar surface area (TPSA) is 78.5 Å². The molecule has 1 fully saturated rings. The van der Waals surface area contributed by atoms with Crippen molar-refractivity contribution in [1.82, 2.24) is 0 Å². The van der Waals surface area contributed by atoms with Gasteiger partial charge in [-0.15, -0.1) is 0 Å². The number of anilines is 2. The highest BCUT2D eigenvalue weighted by Gasteiger charge is 2.20. The Kier molecular flexibility index (Phi) is 8.83. The molecule has 0 aliphatic carbocycles. The summed E-state index contributed by atoms with van der Waals surface area (Å²) in [6.45, 7) is 7.69. The molecule has 0 atom stereocenters. The second-order valence-electron chi connectivity index (χ2n) is 7.22. The van der Waals surface area contributed by atoms with Gasteiger partial charge in [0.05, 0.1) is 52.0 Å². The molecule has 1 heterocycles. The van der Waals surface area contributed by atoms with Crippen LogP contribution in [0, 0.1) is 0 Å². The van der Waals surface area contributed by atoms with Crippen molar-refractivity contribution in [3.63, 3.8) is 0 Å². The number of hydrogen-bond acceptors (Lipinski definition) is 7. The number of carbonyl (C=O) groups excluding carboxylic acids is 1. The van der Waals surface area contributed by atoms with Gasteiger partial charge in [0.25, 0.3) is 0 Å². The number of morpholine rings is 1. The average Bonchev–Trinajstić information content (AvgIpc) is 2.84. The number of methoxy groups -OCH3 is 2. The molecule has 1 amide bonds. The highest BCUT2D eigenvalue weighted by molar-refractivity contribution is 6.03. The molecule has 0 unspecified atom stereocenters. The van der Waals surface area contributed by atoms with Crippen LogP contribution in [0.15, 0.2) is 36.4 Å². The Hall–Kier alpha value is -3.39. The Morgan fingerprint density at radius 1 is 0.970 bits per heavy atom.